The first-order valence-electron chi connectivity index (χ1n) is 13.1. The molecule has 12 heteroatoms. The molecule has 4 rings (SSSR count). The molecule has 0 radical (unpaired) electrons. The third kappa shape index (κ3) is 5.62. The number of ketones is 1. The van der Waals surface area contributed by atoms with Gasteiger partial charge < -0.3 is 28.8 Å². The number of esters is 1. The average Bonchev–Trinajstić information content (AvgIpc) is 3.51. The Morgan fingerprint density at radius 3 is 2.21 bits per heavy atom. The van der Waals surface area contributed by atoms with Crippen LogP contribution in [0.2, 0.25) is 0 Å². The van der Waals surface area contributed by atoms with E-state index in [1.54, 1.807) is 43.3 Å². The van der Waals surface area contributed by atoms with Crippen molar-refractivity contribution in [3.05, 3.63) is 63.7 Å². The fraction of sp³-hybridized carbons (Fsp3) is 0.333. The molecule has 1 aliphatic rings. The summed E-state index contributed by atoms with van der Waals surface area (Å²) >= 11 is 0.901. The minimum atomic E-state index is -1.16. The molecule has 3 aromatic rings. The number of aliphatic hydroxyl groups excluding tert-OH is 1. The number of ether oxygens (including phenoxy) is 5. The summed E-state index contributed by atoms with van der Waals surface area (Å²) in [5, 5.41) is 11.6. The lowest BCUT2D eigenvalue weighted by molar-refractivity contribution is -0.132. The molecule has 0 aliphatic carbocycles. The first kappa shape index (κ1) is 30.4. The molecule has 1 saturated heterocycles. The Morgan fingerprint density at radius 1 is 1.02 bits per heavy atom. The molecule has 2 heterocycles. The van der Waals surface area contributed by atoms with Crippen LogP contribution in [0.25, 0.3) is 5.76 Å². The summed E-state index contributed by atoms with van der Waals surface area (Å²) in [7, 11) is 5.57. The maximum atomic E-state index is 13.6. The van der Waals surface area contributed by atoms with Crippen LogP contribution < -0.4 is 23.8 Å². The van der Waals surface area contributed by atoms with E-state index < -0.39 is 29.5 Å². The number of hydrogen-bond donors (Lipinski definition) is 1. The number of aliphatic hydroxyl groups is 1. The van der Waals surface area contributed by atoms with Gasteiger partial charge in [-0.1, -0.05) is 24.7 Å². The summed E-state index contributed by atoms with van der Waals surface area (Å²) in [5.74, 6) is -1.42. The quantitative estimate of drug-likeness (QED) is 0.105. The maximum Gasteiger partial charge on any atom is 0.350 e. The van der Waals surface area contributed by atoms with Crippen molar-refractivity contribution in [1.82, 2.24) is 4.98 Å². The summed E-state index contributed by atoms with van der Waals surface area (Å²) in [5.41, 5.74) is 0.823. The number of Topliss-reactive ketones (excluding diaryl/α,β-unsaturated/α-hetero) is 1. The molecule has 1 N–H and O–H groups in total. The van der Waals surface area contributed by atoms with E-state index in [1.165, 1.54) is 28.4 Å². The van der Waals surface area contributed by atoms with Crippen molar-refractivity contribution in [1.29, 1.82) is 0 Å². The van der Waals surface area contributed by atoms with Gasteiger partial charge in [0, 0.05) is 5.56 Å². The molecule has 0 spiro atoms. The van der Waals surface area contributed by atoms with Crippen LogP contribution in [0.1, 0.15) is 52.3 Å². The van der Waals surface area contributed by atoms with E-state index in [1.807, 2.05) is 0 Å². The molecule has 1 unspecified atom stereocenters. The number of methoxy groups -OCH3 is 4. The molecule has 11 nitrogen and oxygen atoms in total. The Hall–Kier alpha value is -4.58. The van der Waals surface area contributed by atoms with Gasteiger partial charge in [0.25, 0.3) is 5.78 Å². The molecular weight excluding hydrogens is 564 g/mol. The Bertz CT molecular complexity index is 1500. The van der Waals surface area contributed by atoms with Gasteiger partial charge >= 0.3 is 11.9 Å². The number of hydrogen-bond acceptors (Lipinski definition) is 11. The molecule has 1 atom stereocenters. The van der Waals surface area contributed by atoms with Crippen molar-refractivity contribution in [2.24, 2.45) is 0 Å². The van der Waals surface area contributed by atoms with Crippen molar-refractivity contribution in [2.75, 3.05) is 39.9 Å². The summed E-state index contributed by atoms with van der Waals surface area (Å²) in [6.07, 6.45) is 1.88. The highest BCUT2D eigenvalue weighted by atomic mass is 32.1. The topological polar surface area (TPSA) is 134 Å². The maximum absolute atomic E-state index is 13.6. The number of aryl methyl sites for hydroxylation is 1. The number of carbonyl (C=O) groups excluding carboxylic acids is 3. The van der Waals surface area contributed by atoms with Gasteiger partial charge in [0.05, 0.1) is 52.4 Å². The van der Waals surface area contributed by atoms with Crippen LogP contribution in [-0.4, -0.2) is 62.8 Å². The van der Waals surface area contributed by atoms with Crippen molar-refractivity contribution in [2.45, 2.75) is 32.7 Å². The van der Waals surface area contributed by atoms with Gasteiger partial charge in [-0.05, 0) is 55.3 Å². The van der Waals surface area contributed by atoms with Gasteiger partial charge in [0.15, 0.2) is 16.6 Å². The first-order valence-corrected chi connectivity index (χ1v) is 13.9. The largest absolute Gasteiger partial charge is 0.507 e. The summed E-state index contributed by atoms with van der Waals surface area (Å²) < 4.78 is 27.0. The van der Waals surface area contributed by atoms with E-state index in [0.29, 0.717) is 34.9 Å². The minimum absolute atomic E-state index is 0.0764. The molecule has 2 aromatic carbocycles. The van der Waals surface area contributed by atoms with Crippen LogP contribution >= 0.6 is 11.3 Å². The highest BCUT2D eigenvalue weighted by molar-refractivity contribution is 7.17. The molecule has 1 aromatic heterocycles. The van der Waals surface area contributed by atoms with E-state index in [0.717, 1.165) is 29.1 Å². The summed E-state index contributed by atoms with van der Waals surface area (Å²) in [4.78, 5) is 45.3. The van der Waals surface area contributed by atoms with Crippen LogP contribution in [0.5, 0.6) is 23.0 Å². The Kier molecular flexibility index (Phi) is 9.36. The third-order valence-electron chi connectivity index (χ3n) is 6.70. The lowest BCUT2D eigenvalue weighted by Gasteiger charge is -2.24. The van der Waals surface area contributed by atoms with Gasteiger partial charge in [-0.25, -0.2) is 9.78 Å². The van der Waals surface area contributed by atoms with Crippen LogP contribution in [0.15, 0.2) is 42.0 Å². The third-order valence-corrected chi connectivity index (χ3v) is 7.84. The van der Waals surface area contributed by atoms with Crippen LogP contribution in [0, 0.1) is 6.92 Å². The fourth-order valence-corrected chi connectivity index (χ4v) is 5.58. The van der Waals surface area contributed by atoms with E-state index in [4.69, 9.17) is 23.7 Å². The van der Waals surface area contributed by atoms with E-state index in [-0.39, 0.29) is 27.1 Å². The number of thiazole rings is 1. The lowest BCUT2D eigenvalue weighted by atomic mass is 9.94. The Morgan fingerprint density at radius 2 is 1.67 bits per heavy atom. The predicted molar refractivity (Wildman–Crippen MR) is 156 cm³/mol. The number of nitrogens with zero attached hydrogens (tertiary/aromatic N) is 2. The molecular formula is C30H32N2O9S. The van der Waals surface area contributed by atoms with Crippen molar-refractivity contribution in [3.8, 4) is 23.0 Å². The molecule has 0 bridgehead atoms. The Balaban J connectivity index is 1.92. The summed E-state index contributed by atoms with van der Waals surface area (Å²) in [6, 6.07) is 8.60. The first-order chi connectivity index (χ1) is 20.2. The number of aromatic nitrogens is 1. The highest BCUT2D eigenvalue weighted by Gasteiger charge is 2.49. The van der Waals surface area contributed by atoms with Crippen molar-refractivity contribution >= 4 is 39.9 Å². The smallest absolute Gasteiger partial charge is 0.350 e. The molecule has 1 fully saturated rings. The fourth-order valence-electron chi connectivity index (χ4n) is 4.57. The molecule has 1 aliphatic heterocycles. The number of carbonyl (C=O) groups is 3. The monoisotopic (exact) mass is 596 g/mol. The van der Waals surface area contributed by atoms with Gasteiger partial charge in [0.1, 0.15) is 16.4 Å². The van der Waals surface area contributed by atoms with E-state index in [9.17, 15) is 19.5 Å². The minimum Gasteiger partial charge on any atom is -0.507 e. The molecule has 1 amide bonds. The van der Waals surface area contributed by atoms with Gasteiger partial charge in [0.2, 0.25) is 5.75 Å². The van der Waals surface area contributed by atoms with Crippen molar-refractivity contribution in [3.63, 3.8) is 0 Å². The number of amides is 1. The van der Waals surface area contributed by atoms with Crippen LogP contribution in [-0.2, 0) is 14.3 Å². The standard InChI is InChI=1S/C30H32N2O9S/c1-7-8-13-41-19-11-9-17(10-12-19)24(33)22-23(18-14-20(37-3)26(39-5)21(15-18)38-4)32(28(35)25(22)34)30-31-16(2)27(42-30)29(36)40-6/h9-12,14-15,23,33H,7-8,13H2,1-6H3/b24-22+. The zero-order valence-electron chi connectivity index (χ0n) is 24.2. The summed E-state index contributed by atoms with van der Waals surface area (Å²) in [6.45, 7) is 4.21. The predicted octanol–water partition coefficient (Wildman–Crippen LogP) is 5.07. The van der Waals surface area contributed by atoms with E-state index >= 15 is 0 Å². The second-order valence-corrected chi connectivity index (χ2v) is 10.2. The second kappa shape index (κ2) is 12.9. The van der Waals surface area contributed by atoms with Crippen LogP contribution in [0.4, 0.5) is 5.13 Å². The number of benzene rings is 2. The average molecular weight is 597 g/mol. The SMILES string of the molecule is CCCCOc1ccc(/C(O)=C2\C(=O)C(=O)N(c3nc(C)c(C(=O)OC)s3)C2c2cc(OC)c(OC)c(OC)c2)cc1. The zero-order valence-corrected chi connectivity index (χ0v) is 25.0. The molecule has 0 saturated carbocycles. The van der Waals surface area contributed by atoms with E-state index in [2.05, 4.69) is 11.9 Å². The second-order valence-electron chi connectivity index (χ2n) is 9.26. The van der Waals surface area contributed by atoms with Crippen molar-refractivity contribution < 1.29 is 43.2 Å². The van der Waals surface area contributed by atoms with Gasteiger partial charge in [-0.15, -0.1) is 0 Å². The lowest BCUT2D eigenvalue weighted by Crippen LogP contribution is -2.29. The highest BCUT2D eigenvalue weighted by Crippen LogP contribution is 2.48. The molecule has 222 valence electrons. The molecule has 42 heavy (non-hydrogen) atoms. The van der Waals surface area contributed by atoms with Gasteiger partial charge in [-0.3, -0.25) is 14.5 Å². The number of anilines is 1. The van der Waals surface area contributed by atoms with Crippen LogP contribution in [0.3, 0.4) is 0 Å². The van der Waals surface area contributed by atoms with Gasteiger partial charge in [-0.2, -0.15) is 0 Å². The number of unbranched alkanes of at least 4 members (excludes halogenated alkanes) is 1. The normalized spacial score (nSPS) is 16.0. The number of rotatable bonds is 11. The zero-order chi connectivity index (χ0) is 30.6. The Labute approximate surface area is 247 Å².